The molecule has 1 aromatic rings. The third-order valence-electron chi connectivity index (χ3n) is 2.57. The number of aromatic nitrogens is 2. The summed E-state index contributed by atoms with van der Waals surface area (Å²) in [5.74, 6) is 0.905. The second-order valence-corrected chi connectivity index (χ2v) is 3.59. The van der Waals surface area contributed by atoms with E-state index in [9.17, 15) is 4.79 Å². The molecule has 0 aliphatic heterocycles. The average molecular weight is 193 g/mol. The second kappa shape index (κ2) is 3.44. The highest BCUT2D eigenvalue weighted by atomic mass is 16.2. The largest absolute Gasteiger partial charge is 0.369 e. The first-order valence-corrected chi connectivity index (χ1v) is 5.09. The molecule has 0 unspecified atom stereocenters. The molecule has 14 heavy (non-hydrogen) atoms. The van der Waals surface area contributed by atoms with Gasteiger partial charge in [-0.05, 0) is 26.2 Å². The maximum absolute atomic E-state index is 11.3. The fraction of sp³-hybridized carbons (Fsp3) is 0.600. The van der Waals surface area contributed by atoms with E-state index in [0.29, 0.717) is 0 Å². The number of carbonyl (C=O) groups excluding carboxylic acids is 1. The number of anilines is 1. The fourth-order valence-corrected chi connectivity index (χ4v) is 2.01. The van der Waals surface area contributed by atoms with E-state index in [1.54, 1.807) is 11.6 Å². The van der Waals surface area contributed by atoms with Gasteiger partial charge in [-0.3, -0.25) is 4.79 Å². The van der Waals surface area contributed by atoms with Gasteiger partial charge in [-0.2, -0.15) is 0 Å². The Morgan fingerprint density at radius 2 is 2.36 bits per heavy atom. The van der Waals surface area contributed by atoms with Crippen LogP contribution in [0.5, 0.6) is 0 Å². The normalized spacial score (nSPS) is 14.1. The zero-order valence-electron chi connectivity index (χ0n) is 8.63. The number of fused-ring (bicyclic) bond motifs is 1. The Balaban J connectivity index is 2.44. The zero-order chi connectivity index (χ0) is 10.1. The molecule has 0 bridgehead atoms. The minimum Gasteiger partial charge on any atom is -0.369 e. The van der Waals surface area contributed by atoms with Crippen LogP contribution in [0.1, 0.15) is 36.3 Å². The van der Waals surface area contributed by atoms with Gasteiger partial charge in [-0.15, -0.1) is 5.10 Å². The van der Waals surface area contributed by atoms with Crippen LogP contribution in [0.2, 0.25) is 0 Å². The lowest BCUT2D eigenvalue weighted by atomic mass is 10.2. The maximum Gasteiger partial charge on any atom is 0.244 e. The van der Waals surface area contributed by atoms with E-state index < -0.39 is 0 Å². The molecule has 0 atom stereocenters. The van der Waals surface area contributed by atoms with Gasteiger partial charge < -0.3 is 5.32 Å². The van der Waals surface area contributed by atoms with Gasteiger partial charge in [0.25, 0.3) is 0 Å². The van der Waals surface area contributed by atoms with Crippen LogP contribution in [-0.4, -0.2) is 22.2 Å². The molecule has 0 radical (unpaired) electrons. The Labute approximate surface area is 83.3 Å². The lowest BCUT2D eigenvalue weighted by Gasteiger charge is -1.99. The maximum atomic E-state index is 11.3. The Morgan fingerprint density at radius 1 is 1.57 bits per heavy atom. The topological polar surface area (TPSA) is 46.9 Å². The predicted molar refractivity (Wildman–Crippen MR) is 54.7 cm³/mol. The highest BCUT2D eigenvalue weighted by molar-refractivity contribution is 5.77. The van der Waals surface area contributed by atoms with Gasteiger partial charge >= 0.3 is 0 Å². The van der Waals surface area contributed by atoms with Crippen molar-refractivity contribution >= 4 is 11.7 Å². The number of nitrogens with one attached hydrogen (secondary N) is 1. The van der Waals surface area contributed by atoms with Crippen molar-refractivity contribution < 1.29 is 4.79 Å². The highest BCUT2D eigenvalue weighted by Gasteiger charge is 2.23. The van der Waals surface area contributed by atoms with Crippen LogP contribution in [0.3, 0.4) is 0 Å². The summed E-state index contributed by atoms with van der Waals surface area (Å²) >= 11 is 0. The Kier molecular flexibility index (Phi) is 2.27. The number of hydrogen-bond donors (Lipinski definition) is 1. The van der Waals surface area contributed by atoms with E-state index in [1.165, 1.54) is 5.56 Å². The quantitative estimate of drug-likeness (QED) is 0.773. The zero-order valence-corrected chi connectivity index (χ0v) is 8.63. The minimum absolute atomic E-state index is 0.00676. The fourth-order valence-electron chi connectivity index (χ4n) is 2.01. The molecular formula is C10H15N3O. The third-order valence-corrected chi connectivity index (χ3v) is 2.57. The van der Waals surface area contributed by atoms with E-state index in [2.05, 4.69) is 10.4 Å². The molecule has 76 valence electrons. The first-order valence-electron chi connectivity index (χ1n) is 5.09. The molecule has 1 heterocycles. The van der Waals surface area contributed by atoms with Crippen molar-refractivity contribution in [3.63, 3.8) is 0 Å². The van der Waals surface area contributed by atoms with E-state index >= 15 is 0 Å². The van der Waals surface area contributed by atoms with Crippen molar-refractivity contribution in [3.05, 3.63) is 11.3 Å². The predicted octanol–water partition coefficient (Wildman–Crippen LogP) is 1.46. The van der Waals surface area contributed by atoms with Crippen LogP contribution < -0.4 is 5.32 Å². The van der Waals surface area contributed by atoms with Crippen molar-refractivity contribution in [2.45, 2.75) is 33.1 Å². The summed E-state index contributed by atoms with van der Waals surface area (Å²) in [6.07, 6.45) is 3.16. The Hall–Kier alpha value is -1.32. The van der Waals surface area contributed by atoms with E-state index in [1.807, 2.05) is 6.92 Å². The molecule has 0 saturated heterocycles. The standard InChI is InChI=1S/C10H15N3O/c1-3-11-10-8-5-4-6-9(8)13(12-10)7(2)14/h3-6H2,1-2H3,(H,11,12). The molecule has 0 saturated carbocycles. The lowest BCUT2D eigenvalue weighted by molar-refractivity contribution is 0.0918. The van der Waals surface area contributed by atoms with Crippen LogP contribution >= 0.6 is 0 Å². The van der Waals surface area contributed by atoms with Gasteiger partial charge in [-0.1, -0.05) is 0 Å². The van der Waals surface area contributed by atoms with Crippen LogP contribution in [0.25, 0.3) is 0 Å². The molecule has 0 amide bonds. The summed E-state index contributed by atoms with van der Waals surface area (Å²) < 4.78 is 1.54. The Bertz CT molecular complexity index is 368. The van der Waals surface area contributed by atoms with Crippen molar-refractivity contribution in [3.8, 4) is 0 Å². The van der Waals surface area contributed by atoms with Crippen molar-refractivity contribution in [1.29, 1.82) is 0 Å². The molecule has 2 rings (SSSR count). The van der Waals surface area contributed by atoms with Crippen LogP contribution in [0, 0.1) is 0 Å². The van der Waals surface area contributed by atoms with Gasteiger partial charge in [0.1, 0.15) is 0 Å². The number of nitrogens with zero attached hydrogens (tertiary/aromatic N) is 2. The molecule has 0 fully saturated rings. The molecule has 4 nitrogen and oxygen atoms in total. The summed E-state index contributed by atoms with van der Waals surface area (Å²) in [7, 11) is 0. The smallest absolute Gasteiger partial charge is 0.244 e. The van der Waals surface area contributed by atoms with Gasteiger partial charge in [0, 0.05) is 19.0 Å². The Morgan fingerprint density at radius 3 is 3.00 bits per heavy atom. The molecule has 4 heteroatoms. The van der Waals surface area contributed by atoms with Crippen molar-refractivity contribution in [1.82, 2.24) is 9.78 Å². The summed E-state index contributed by atoms with van der Waals surface area (Å²) in [6.45, 7) is 4.44. The average Bonchev–Trinajstić information content (AvgIpc) is 2.67. The number of rotatable bonds is 2. The summed E-state index contributed by atoms with van der Waals surface area (Å²) in [5.41, 5.74) is 2.34. The first-order chi connectivity index (χ1) is 6.74. The SMILES string of the molecule is CCNc1nn(C(C)=O)c2c1CCC2. The molecule has 0 aromatic carbocycles. The first kappa shape index (κ1) is 9.24. The molecule has 1 aliphatic carbocycles. The molecular weight excluding hydrogens is 178 g/mol. The molecule has 0 spiro atoms. The molecule has 1 aliphatic rings. The number of carbonyl (C=O) groups is 1. The molecule has 1 N–H and O–H groups in total. The van der Waals surface area contributed by atoms with Gasteiger partial charge in [0.15, 0.2) is 5.82 Å². The summed E-state index contributed by atoms with van der Waals surface area (Å²) in [4.78, 5) is 11.3. The number of hydrogen-bond acceptors (Lipinski definition) is 3. The summed E-state index contributed by atoms with van der Waals surface area (Å²) in [6, 6.07) is 0. The van der Waals surface area contributed by atoms with Crippen molar-refractivity contribution in [2.24, 2.45) is 0 Å². The van der Waals surface area contributed by atoms with Crippen molar-refractivity contribution in [2.75, 3.05) is 11.9 Å². The monoisotopic (exact) mass is 193 g/mol. The molecule has 1 aromatic heterocycles. The van der Waals surface area contributed by atoms with Crippen LogP contribution in [-0.2, 0) is 12.8 Å². The third kappa shape index (κ3) is 1.31. The van der Waals surface area contributed by atoms with Gasteiger partial charge in [-0.25, -0.2) is 4.68 Å². The lowest BCUT2D eigenvalue weighted by Crippen LogP contribution is -2.11. The van der Waals surface area contributed by atoms with E-state index in [-0.39, 0.29) is 5.91 Å². The van der Waals surface area contributed by atoms with E-state index in [4.69, 9.17) is 0 Å². The summed E-state index contributed by atoms with van der Waals surface area (Å²) in [5, 5.41) is 7.48. The second-order valence-electron chi connectivity index (χ2n) is 3.59. The van der Waals surface area contributed by atoms with E-state index in [0.717, 1.165) is 37.3 Å². The minimum atomic E-state index is 0.00676. The van der Waals surface area contributed by atoms with Crippen LogP contribution in [0.4, 0.5) is 5.82 Å². The van der Waals surface area contributed by atoms with Gasteiger partial charge in [0.2, 0.25) is 5.91 Å². The van der Waals surface area contributed by atoms with Crippen LogP contribution in [0.15, 0.2) is 0 Å². The van der Waals surface area contributed by atoms with Gasteiger partial charge in [0.05, 0.1) is 5.69 Å². The highest BCUT2D eigenvalue weighted by Crippen LogP contribution is 2.28.